The van der Waals surface area contributed by atoms with Gasteiger partial charge in [-0.1, -0.05) is 152 Å². The lowest BCUT2D eigenvalue weighted by Gasteiger charge is -2.25. The van der Waals surface area contributed by atoms with Crippen molar-refractivity contribution in [3.8, 4) is 39.1 Å². The van der Waals surface area contributed by atoms with Gasteiger partial charge in [-0.2, -0.15) is 0 Å². The van der Waals surface area contributed by atoms with E-state index in [0.717, 1.165) is 62.1 Å². The first-order valence-electron chi connectivity index (χ1n) is 19.0. The Balaban J connectivity index is 0.985. The number of aromatic nitrogens is 1. The van der Waals surface area contributed by atoms with Gasteiger partial charge in [0.25, 0.3) is 0 Å². The van der Waals surface area contributed by atoms with E-state index >= 15 is 0 Å². The maximum Gasteiger partial charge on any atom is 0.207 e. The summed E-state index contributed by atoms with van der Waals surface area (Å²) < 4.78 is 29.3. The van der Waals surface area contributed by atoms with Crippen LogP contribution in [-0.4, -0.2) is 13.0 Å². The van der Waals surface area contributed by atoms with Crippen LogP contribution in [0, 0.1) is 0 Å². The van der Waals surface area contributed by atoms with E-state index in [1.54, 1.807) is 12.1 Å². The summed E-state index contributed by atoms with van der Waals surface area (Å²) in [5, 5.41) is 2.35. The molecule has 0 aliphatic carbocycles. The Hall–Kier alpha value is -6.53. The number of hydrogen-bond acceptors (Lipinski definition) is 3. The maximum atomic E-state index is 13.5. The average molecular weight is 743 g/mol. The second-order valence-electron chi connectivity index (χ2n) is 14.7. The van der Waals surface area contributed by atoms with Gasteiger partial charge in [-0.3, -0.25) is 0 Å². The van der Waals surface area contributed by atoms with Crippen molar-refractivity contribution in [3.63, 3.8) is 0 Å². The maximum absolute atomic E-state index is 13.5. The lowest BCUT2D eigenvalue weighted by atomic mass is 9.83. The second kappa shape index (κ2) is 13.6. The largest absolute Gasteiger partial charge is 0.323 e. The summed E-state index contributed by atoms with van der Waals surface area (Å²) in [6, 6.07) is 66.5. The van der Waals surface area contributed by atoms with Crippen LogP contribution in [0.1, 0.15) is 28.7 Å². The predicted molar refractivity (Wildman–Crippen MR) is 229 cm³/mol. The monoisotopic (exact) mass is 742 g/mol. The molecule has 2 heterocycles. The summed E-state index contributed by atoms with van der Waals surface area (Å²) >= 11 is 0. The molecule has 0 spiro atoms. The van der Waals surface area contributed by atoms with E-state index in [1.807, 2.05) is 48.5 Å². The Kier molecular flexibility index (Phi) is 8.28. The van der Waals surface area contributed by atoms with Crippen LogP contribution < -0.4 is 5.73 Å². The van der Waals surface area contributed by atoms with Gasteiger partial charge in [0.2, 0.25) is 9.84 Å². The van der Waals surface area contributed by atoms with E-state index < -0.39 is 9.84 Å². The fourth-order valence-corrected chi connectivity index (χ4v) is 10.3. The molecule has 5 heteroatoms. The van der Waals surface area contributed by atoms with Gasteiger partial charge in [0.15, 0.2) is 0 Å². The first-order valence-corrected chi connectivity index (χ1v) is 20.5. The highest BCUT2D eigenvalue weighted by Crippen LogP contribution is 2.45. The molecule has 2 atom stereocenters. The molecule has 8 aromatic carbocycles. The van der Waals surface area contributed by atoms with Crippen molar-refractivity contribution < 1.29 is 8.42 Å². The number of nitrogens with zero attached hydrogens (tertiary/aromatic N) is 1. The highest BCUT2D eigenvalue weighted by molar-refractivity contribution is 7.92. The van der Waals surface area contributed by atoms with Crippen molar-refractivity contribution in [1.82, 2.24) is 4.57 Å². The highest BCUT2D eigenvalue weighted by atomic mass is 32.2. The molecule has 0 radical (unpaired) electrons. The average Bonchev–Trinajstić information content (AvgIpc) is 3.71. The zero-order valence-corrected chi connectivity index (χ0v) is 31.4. The van der Waals surface area contributed by atoms with Gasteiger partial charge in [0.05, 0.1) is 20.8 Å². The number of sulfone groups is 1. The Morgan fingerprint density at radius 1 is 0.464 bits per heavy atom. The topological polar surface area (TPSA) is 65.1 Å². The van der Waals surface area contributed by atoms with E-state index in [4.69, 9.17) is 5.73 Å². The number of nitrogens with two attached hydrogens (primary N) is 1. The van der Waals surface area contributed by atoms with E-state index in [-0.39, 0.29) is 12.0 Å². The van der Waals surface area contributed by atoms with Gasteiger partial charge in [-0.25, -0.2) is 8.42 Å². The van der Waals surface area contributed by atoms with Crippen LogP contribution in [0.4, 0.5) is 0 Å². The molecule has 10 rings (SSSR count). The molecule has 56 heavy (non-hydrogen) atoms. The van der Waals surface area contributed by atoms with Gasteiger partial charge in [-0.05, 0) is 87.8 Å². The van der Waals surface area contributed by atoms with Crippen molar-refractivity contribution in [2.24, 2.45) is 5.73 Å². The lowest BCUT2D eigenvalue weighted by Crippen LogP contribution is -2.21. The minimum atomic E-state index is -3.58. The molecule has 4 nitrogen and oxygen atoms in total. The van der Waals surface area contributed by atoms with Crippen molar-refractivity contribution in [2.45, 2.75) is 28.2 Å². The highest BCUT2D eigenvalue weighted by Gasteiger charge is 2.32. The zero-order chi connectivity index (χ0) is 37.8. The van der Waals surface area contributed by atoms with Gasteiger partial charge >= 0.3 is 0 Å². The minimum absolute atomic E-state index is 0.124. The van der Waals surface area contributed by atoms with Gasteiger partial charge < -0.3 is 10.3 Å². The van der Waals surface area contributed by atoms with E-state index in [0.29, 0.717) is 9.79 Å². The van der Waals surface area contributed by atoms with Crippen LogP contribution in [0.2, 0.25) is 0 Å². The minimum Gasteiger partial charge on any atom is -0.323 e. The van der Waals surface area contributed by atoms with Crippen LogP contribution >= 0.6 is 0 Å². The molecule has 2 N–H and O–H groups in total. The molecular weight excluding hydrogens is 705 g/mol. The van der Waals surface area contributed by atoms with Crippen molar-refractivity contribution in [1.29, 1.82) is 0 Å². The predicted octanol–water partition coefficient (Wildman–Crippen LogP) is 12.0. The summed E-state index contributed by atoms with van der Waals surface area (Å²) in [6.45, 7) is 0. The van der Waals surface area contributed by atoms with E-state index in [9.17, 15) is 8.42 Å². The fourth-order valence-electron chi connectivity index (χ4n) is 8.59. The summed E-state index contributed by atoms with van der Waals surface area (Å²) in [7, 11) is -3.58. The quantitative estimate of drug-likeness (QED) is 0.169. The summed E-state index contributed by atoms with van der Waals surface area (Å²) in [5.74, 6) is 0.137. The standard InChI is InChI=1S/C51H38N2O2S/c52-51(37-14-5-2-6-15-37)45(36-12-3-1-4-13-36)30-34-22-24-35(25-23-34)39-27-29-48-46(32-39)42-18-7-9-20-47(42)53(48)41-17-11-16-38(31-41)40-26-28-44-43-19-8-10-21-49(43)56(54,55)50(44)33-40/h1-29,31-33,45,51H,30,52H2/t45-,51?/m0/s1. The fraction of sp³-hybridized carbons (Fsp3) is 0.0588. The Labute approximate surface area is 327 Å². The van der Waals surface area contributed by atoms with Gasteiger partial charge in [0, 0.05) is 39.5 Å². The van der Waals surface area contributed by atoms with Crippen LogP contribution in [0.25, 0.3) is 60.9 Å². The molecule has 0 fully saturated rings. The van der Waals surface area contributed by atoms with E-state index in [1.165, 1.54) is 21.9 Å². The third kappa shape index (κ3) is 5.75. The summed E-state index contributed by atoms with van der Waals surface area (Å²) in [6.07, 6.45) is 0.834. The van der Waals surface area contributed by atoms with Gasteiger partial charge in [0.1, 0.15) is 0 Å². The Bertz CT molecular complexity index is 3020. The molecule has 1 unspecified atom stereocenters. The van der Waals surface area contributed by atoms with Crippen LogP contribution in [-0.2, 0) is 16.3 Å². The van der Waals surface area contributed by atoms with Crippen molar-refractivity contribution in [2.75, 3.05) is 0 Å². The molecule has 1 aromatic heterocycles. The molecule has 270 valence electrons. The Morgan fingerprint density at radius 3 is 1.88 bits per heavy atom. The Morgan fingerprint density at radius 2 is 1.07 bits per heavy atom. The van der Waals surface area contributed by atoms with Crippen LogP contribution in [0.5, 0.6) is 0 Å². The van der Waals surface area contributed by atoms with E-state index in [2.05, 4.69) is 138 Å². The third-order valence-electron chi connectivity index (χ3n) is 11.4. The molecule has 0 saturated heterocycles. The van der Waals surface area contributed by atoms with Crippen LogP contribution in [0.3, 0.4) is 0 Å². The SMILES string of the molecule is NC(c1ccccc1)[C@@H](Cc1ccc(-c2ccc3c(c2)c2ccccc2n3-c2cccc(-c3ccc4c(c3)S(=O)(=O)c3ccccc3-4)c2)cc1)c1ccccc1. The number of benzene rings is 8. The number of para-hydroxylation sites is 1. The molecular formula is C51H38N2O2S. The number of fused-ring (bicyclic) bond motifs is 6. The van der Waals surface area contributed by atoms with Crippen LogP contribution in [0.15, 0.2) is 204 Å². The smallest absolute Gasteiger partial charge is 0.207 e. The summed E-state index contributed by atoms with van der Waals surface area (Å²) in [4.78, 5) is 0.743. The molecule has 9 aromatic rings. The number of hydrogen-bond donors (Lipinski definition) is 1. The van der Waals surface area contributed by atoms with Crippen molar-refractivity contribution in [3.05, 3.63) is 211 Å². The van der Waals surface area contributed by atoms with Gasteiger partial charge in [-0.15, -0.1) is 0 Å². The van der Waals surface area contributed by atoms with Crippen molar-refractivity contribution >= 4 is 31.6 Å². The second-order valence-corrected chi connectivity index (χ2v) is 16.6. The third-order valence-corrected chi connectivity index (χ3v) is 13.3. The molecule has 0 saturated carbocycles. The normalized spacial score (nSPS) is 14.0. The molecule has 0 amide bonds. The molecule has 0 bridgehead atoms. The summed E-state index contributed by atoms with van der Waals surface area (Å²) in [5.41, 5.74) is 19.5. The lowest BCUT2D eigenvalue weighted by molar-refractivity contribution is 0.551. The molecule has 1 aliphatic rings. The first kappa shape index (κ1) is 34.0. The molecule has 1 aliphatic heterocycles. The zero-order valence-electron chi connectivity index (χ0n) is 30.6. The number of rotatable bonds is 8. The first-order chi connectivity index (χ1) is 27.4.